The number of hydrogen-bond donors (Lipinski definition) is 1. The van der Waals surface area contributed by atoms with Gasteiger partial charge in [-0.05, 0) is 36.5 Å². The molecular formula is C21H36O5. The van der Waals surface area contributed by atoms with E-state index in [2.05, 4.69) is 27.7 Å². The van der Waals surface area contributed by atoms with Crippen molar-refractivity contribution in [2.45, 2.75) is 85.2 Å². The molecular weight excluding hydrogens is 332 g/mol. The highest BCUT2D eigenvalue weighted by Gasteiger charge is 2.43. The Labute approximate surface area is 157 Å². The molecule has 0 spiro atoms. The Morgan fingerprint density at radius 2 is 1.23 bits per heavy atom. The normalized spacial score (nSPS) is 24.3. The Balaban J connectivity index is 1.52. The summed E-state index contributed by atoms with van der Waals surface area (Å²) in [6, 6.07) is 0. The fraction of sp³-hybridized carbons (Fsp3) is 0.905. The van der Waals surface area contributed by atoms with Crippen LogP contribution in [-0.2, 0) is 19.1 Å². The van der Waals surface area contributed by atoms with E-state index in [0.29, 0.717) is 13.2 Å². The molecule has 2 atom stereocenters. The Hall–Kier alpha value is -1.10. The highest BCUT2D eigenvalue weighted by Crippen LogP contribution is 2.39. The molecule has 0 amide bonds. The van der Waals surface area contributed by atoms with Gasteiger partial charge in [0.25, 0.3) is 0 Å². The first-order chi connectivity index (χ1) is 12.1. The zero-order valence-corrected chi connectivity index (χ0v) is 16.9. The Morgan fingerprint density at radius 1 is 0.846 bits per heavy atom. The summed E-state index contributed by atoms with van der Waals surface area (Å²) in [6.07, 6.45) is 7.43. The second kappa shape index (κ2) is 8.73. The van der Waals surface area contributed by atoms with Crippen LogP contribution in [-0.4, -0.2) is 36.4 Å². The third-order valence-electron chi connectivity index (χ3n) is 6.46. The van der Waals surface area contributed by atoms with E-state index in [1.54, 1.807) is 0 Å². The van der Waals surface area contributed by atoms with Crippen molar-refractivity contribution in [2.24, 2.45) is 22.7 Å². The molecule has 2 fully saturated rings. The van der Waals surface area contributed by atoms with E-state index in [4.69, 9.17) is 9.47 Å². The first-order valence-electron chi connectivity index (χ1n) is 10.1. The number of aliphatic hydroxyl groups excluding tert-OH is 1. The minimum atomic E-state index is -0.247. The van der Waals surface area contributed by atoms with E-state index in [-0.39, 0.29) is 40.7 Å². The molecule has 0 radical (unpaired) electrons. The van der Waals surface area contributed by atoms with Crippen molar-refractivity contribution < 1.29 is 24.2 Å². The molecule has 2 heterocycles. The monoisotopic (exact) mass is 368 g/mol. The largest absolute Gasteiger partial charge is 0.464 e. The molecule has 26 heavy (non-hydrogen) atoms. The molecule has 5 heteroatoms. The lowest BCUT2D eigenvalue weighted by atomic mass is 9.73. The summed E-state index contributed by atoms with van der Waals surface area (Å²) in [5, 5.41) is 10.2. The number of cyclic esters (lactones) is 2. The average Bonchev–Trinajstić information content (AvgIpc) is 2.51. The molecule has 0 aliphatic carbocycles. The van der Waals surface area contributed by atoms with Crippen LogP contribution in [0.25, 0.3) is 0 Å². The van der Waals surface area contributed by atoms with Crippen LogP contribution >= 0.6 is 0 Å². The molecule has 0 bridgehead atoms. The Morgan fingerprint density at radius 3 is 1.50 bits per heavy atom. The number of carbonyl (C=O) groups is 2. The van der Waals surface area contributed by atoms with Gasteiger partial charge in [0, 0.05) is 0 Å². The summed E-state index contributed by atoms with van der Waals surface area (Å²) >= 11 is 0. The number of rotatable bonds is 12. The Bertz CT molecular complexity index is 453. The summed E-state index contributed by atoms with van der Waals surface area (Å²) in [5.74, 6) is -0.0336. The lowest BCUT2D eigenvalue weighted by molar-refractivity contribution is -0.179. The van der Waals surface area contributed by atoms with E-state index in [9.17, 15) is 14.7 Å². The molecule has 2 unspecified atom stereocenters. The van der Waals surface area contributed by atoms with E-state index in [1.807, 2.05) is 0 Å². The van der Waals surface area contributed by atoms with E-state index in [1.165, 1.54) is 0 Å². The molecule has 2 aliphatic rings. The zero-order valence-electron chi connectivity index (χ0n) is 16.9. The van der Waals surface area contributed by atoms with Crippen LogP contribution < -0.4 is 0 Å². The topological polar surface area (TPSA) is 72.8 Å². The van der Waals surface area contributed by atoms with Gasteiger partial charge in [-0.2, -0.15) is 0 Å². The van der Waals surface area contributed by atoms with Crippen LogP contribution in [0.2, 0.25) is 0 Å². The first kappa shape index (κ1) is 21.2. The van der Waals surface area contributed by atoms with Crippen LogP contribution in [0.1, 0.15) is 79.1 Å². The molecule has 150 valence electrons. The smallest absolute Gasteiger partial charge is 0.312 e. The number of hydrogen-bond acceptors (Lipinski definition) is 5. The summed E-state index contributed by atoms with van der Waals surface area (Å²) in [7, 11) is 0. The maximum atomic E-state index is 11.4. The molecule has 2 aliphatic heterocycles. The SMILES string of the molecule is CC(C)(CCCCC(O)CCCCC(C)(C)C1COC1=O)C1COC1=O. The lowest BCUT2D eigenvalue weighted by Gasteiger charge is -2.38. The molecule has 2 rings (SSSR count). The second-order valence-corrected chi connectivity index (χ2v) is 9.49. The molecule has 0 aromatic carbocycles. The number of aliphatic hydroxyl groups is 1. The molecule has 0 saturated carbocycles. The number of unbranched alkanes of at least 4 members (excludes halogenated alkanes) is 2. The predicted octanol–water partition coefficient (Wildman–Crippen LogP) is 3.87. The van der Waals surface area contributed by atoms with Gasteiger partial charge in [0.2, 0.25) is 0 Å². The van der Waals surface area contributed by atoms with Gasteiger partial charge in [-0.3, -0.25) is 9.59 Å². The highest BCUT2D eigenvalue weighted by molar-refractivity contribution is 5.78. The van der Waals surface area contributed by atoms with Gasteiger partial charge in [-0.15, -0.1) is 0 Å². The van der Waals surface area contributed by atoms with Crippen molar-refractivity contribution >= 4 is 11.9 Å². The highest BCUT2D eigenvalue weighted by atomic mass is 16.6. The molecule has 0 aromatic heterocycles. The standard InChI is InChI=1S/C21H36O5/c1-20(2,16-13-25-18(16)23)11-7-5-9-15(22)10-6-8-12-21(3,4)17-14-26-19(17)24/h15-17,22H,5-14H2,1-4H3. The van der Waals surface area contributed by atoms with Crippen molar-refractivity contribution in [1.29, 1.82) is 0 Å². The van der Waals surface area contributed by atoms with Gasteiger partial charge in [0.1, 0.15) is 13.2 Å². The van der Waals surface area contributed by atoms with Gasteiger partial charge < -0.3 is 14.6 Å². The van der Waals surface area contributed by atoms with Crippen molar-refractivity contribution in [3.05, 3.63) is 0 Å². The zero-order chi connectivity index (χ0) is 19.4. The summed E-state index contributed by atoms with van der Waals surface area (Å²) in [6.45, 7) is 9.65. The molecule has 0 aromatic rings. The van der Waals surface area contributed by atoms with E-state index < -0.39 is 0 Å². The molecule has 1 N–H and O–H groups in total. The van der Waals surface area contributed by atoms with E-state index in [0.717, 1.165) is 51.4 Å². The third kappa shape index (κ3) is 5.45. The minimum absolute atomic E-state index is 0.00541. The maximum Gasteiger partial charge on any atom is 0.312 e. The van der Waals surface area contributed by atoms with Crippen LogP contribution in [0.3, 0.4) is 0 Å². The van der Waals surface area contributed by atoms with Crippen molar-refractivity contribution in [3.8, 4) is 0 Å². The fourth-order valence-corrected chi connectivity index (χ4v) is 3.97. The van der Waals surface area contributed by atoms with Gasteiger partial charge in [-0.1, -0.05) is 53.4 Å². The number of ether oxygens (including phenoxy) is 2. The van der Waals surface area contributed by atoms with Crippen LogP contribution in [0, 0.1) is 22.7 Å². The maximum absolute atomic E-state index is 11.4. The van der Waals surface area contributed by atoms with Crippen LogP contribution in [0.4, 0.5) is 0 Å². The van der Waals surface area contributed by atoms with E-state index >= 15 is 0 Å². The van der Waals surface area contributed by atoms with Gasteiger partial charge in [0.05, 0.1) is 17.9 Å². The average molecular weight is 369 g/mol. The summed E-state index contributed by atoms with van der Waals surface area (Å²) < 4.78 is 9.76. The summed E-state index contributed by atoms with van der Waals surface area (Å²) in [5.41, 5.74) is -0.0108. The molecule has 2 saturated heterocycles. The Kier molecular flexibility index (Phi) is 7.12. The predicted molar refractivity (Wildman–Crippen MR) is 99.4 cm³/mol. The quantitative estimate of drug-likeness (QED) is 0.418. The van der Waals surface area contributed by atoms with Gasteiger partial charge in [0.15, 0.2) is 0 Å². The third-order valence-corrected chi connectivity index (χ3v) is 6.46. The fourth-order valence-electron chi connectivity index (χ4n) is 3.97. The van der Waals surface area contributed by atoms with Crippen LogP contribution in [0.5, 0.6) is 0 Å². The van der Waals surface area contributed by atoms with Crippen LogP contribution in [0.15, 0.2) is 0 Å². The van der Waals surface area contributed by atoms with Gasteiger partial charge >= 0.3 is 11.9 Å². The second-order valence-electron chi connectivity index (χ2n) is 9.49. The number of esters is 2. The van der Waals surface area contributed by atoms with Crippen molar-refractivity contribution in [2.75, 3.05) is 13.2 Å². The lowest BCUT2D eigenvalue weighted by Crippen LogP contribution is -2.44. The van der Waals surface area contributed by atoms with Gasteiger partial charge in [-0.25, -0.2) is 0 Å². The summed E-state index contributed by atoms with van der Waals surface area (Å²) in [4.78, 5) is 22.9. The van der Waals surface area contributed by atoms with Crippen molar-refractivity contribution in [3.63, 3.8) is 0 Å². The molecule has 5 nitrogen and oxygen atoms in total. The van der Waals surface area contributed by atoms with Crippen molar-refractivity contribution in [1.82, 2.24) is 0 Å². The first-order valence-corrected chi connectivity index (χ1v) is 10.1. The minimum Gasteiger partial charge on any atom is -0.464 e. The number of carbonyl (C=O) groups excluding carboxylic acids is 2.